The molecular weight excluding hydrogens is 402 g/mol. The van der Waals surface area contributed by atoms with E-state index in [9.17, 15) is 13.2 Å². The van der Waals surface area contributed by atoms with Crippen molar-refractivity contribution in [2.45, 2.75) is 30.6 Å². The first kappa shape index (κ1) is 20.4. The zero-order valence-corrected chi connectivity index (χ0v) is 17.3. The average molecular weight is 426 g/mol. The standard InChI is InChI=1S/C22H23N3O4S/c26-21(15-29-22-19-7-3-4-8-20(19)23-16-24-22)17-9-11-18(12-10-17)30(27,28)25-13-5-1-2-6-14-25/h3-4,7-12,16H,1-2,5-6,13-15H2. The van der Waals surface area contributed by atoms with Gasteiger partial charge < -0.3 is 4.74 Å². The summed E-state index contributed by atoms with van der Waals surface area (Å²) >= 11 is 0. The van der Waals surface area contributed by atoms with Crippen molar-refractivity contribution >= 4 is 26.7 Å². The minimum absolute atomic E-state index is 0.195. The first-order valence-corrected chi connectivity index (χ1v) is 11.5. The molecule has 1 saturated heterocycles. The number of hydrogen-bond acceptors (Lipinski definition) is 6. The molecule has 8 heteroatoms. The second-order valence-corrected chi connectivity index (χ2v) is 9.19. The molecule has 30 heavy (non-hydrogen) atoms. The van der Waals surface area contributed by atoms with E-state index in [1.807, 2.05) is 24.3 Å². The van der Waals surface area contributed by atoms with Gasteiger partial charge in [0.2, 0.25) is 15.9 Å². The Hall–Kier alpha value is -2.84. The minimum atomic E-state index is -3.53. The second-order valence-electron chi connectivity index (χ2n) is 7.25. The van der Waals surface area contributed by atoms with Gasteiger partial charge in [-0.05, 0) is 49.2 Å². The third-order valence-corrected chi connectivity index (χ3v) is 7.14. The topological polar surface area (TPSA) is 89.5 Å². The van der Waals surface area contributed by atoms with Gasteiger partial charge in [0.25, 0.3) is 0 Å². The van der Waals surface area contributed by atoms with Crippen LogP contribution in [-0.4, -0.2) is 48.2 Å². The van der Waals surface area contributed by atoms with Crippen molar-refractivity contribution in [2.24, 2.45) is 0 Å². The van der Waals surface area contributed by atoms with E-state index < -0.39 is 10.0 Å². The zero-order chi connectivity index (χ0) is 21.0. The summed E-state index contributed by atoms with van der Waals surface area (Å²) in [4.78, 5) is 21.0. The van der Waals surface area contributed by atoms with E-state index in [-0.39, 0.29) is 17.3 Å². The number of benzene rings is 2. The van der Waals surface area contributed by atoms with Gasteiger partial charge >= 0.3 is 0 Å². The summed E-state index contributed by atoms with van der Waals surface area (Å²) in [6.07, 6.45) is 5.27. The number of rotatable bonds is 6. The van der Waals surface area contributed by atoms with E-state index in [1.165, 1.54) is 30.6 Å². The van der Waals surface area contributed by atoms with E-state index in [0.717, 1.165) is 36.6 Å². The highest BCUT2D eigenvalue weighted by Crippen LogP contribution is 2.22. The smallest absolute Gasteiger partial charge is 0.243 e. The van der Waals surface area contributed by atoms with Gasteiger partial charge in [-0.1, -0.05) is 25.0 Å². The highest BCUT2D eigenvalue weighted by molar-refractivity contribution is 7.89. The highest BCUT2D eigenvalue weighted by Gasteiger charge is 2.25. The molecule has 0 atom stereocenters. The van der Waals surface area contributed by atoms with Gasteiger partial charge in [0, 0.05) is 18.7 Å². The summed E-state index contributed by atoms with van der Waals surface area (Å²) < 4.78 is 32.9. The van der Waals surface area contributed by atoms with Crippen LogP contribution in [0, 0.1) is 0 Å². The maximum absolute atomic E-state index is 12.9. The summed E-state index contributed by atoms with van der Waals surface area (Å²) in [6, 6.07) is 13.5. The molecule has 0 radical (unpaired) electrons. The molecular formula is C22H23N3O4S. The molecule has 3 aromatic rings. The number of fused-ring (bicyclic) bond motifs is 1. The monoisotopic (exact) mass is 425 g/mol. The van der Waals surface area contributed by atoms with E-state index in [1.54, 1.807) is 4.31 Å². The predicted molar refractivity (Wildman–Crippen MR) is 113 cm³/mol. The van der Waals surface area contributed by atoms with Crippen LogP contribution in [0.5, 0.6) is 5.88 Å². The number of sulfonamides is 1. The number of nitrogens with zero attached hydrogens (tertiary/aromatic N) is 3. The lowest BCUT2D eigenvalue weighted by Gasteiger charge is -2.20. The maximum atomic E-state index is 12.9. The van der Waals surface area contributed by atoms with Crippen molar-refractivity contribution in [1.82, 2.24) is 14.3 Å². The van der Waals surface area contributed by atoms with Crippen LogP contribution in [0.4, 0.5) is 0 Å². The van der Waals surface area contributed by atoms with Gasteiger partial charge in [-0.25, -0.2) is 18.4 Å². The van der Waals surface area contributed by atoms with E-state index >= 15 is 0 Å². The Morgan fingerprint density at radius 1 is 0.933 bits per heavy atom. The fraction of sp³-hybridized carbons (Fsp3) is 0.318. The fourth-order valence-corrected chi connectivity index (χ4v) is 5.07. The molecule has 1 aliphatic rings. The molecule has 2 heterocycles. The number of ether oxygens (including phenoxy) is 1. The van der Waals surface area contributed by atoms with Gasteiger partial charge in [-0.2, -0.15) is 4.31 Å². The average Bonchev–Trinajstić information content (AvgIpc) is 3.08. The van der Waals surface area contributed by atoms with Crippen LogP contribution in [0.3, 0.4) is 0 Å². The van der Waals surface area contributed by atoms with E-state index in [0.29, 0.717) is 24.5 Å². The summed E-state index contributed by atoms with van der Waals surface area (Å²) in [5.74, 6) is 0.0886. The van der Waals surface area contributed by atoms with Crippen molar-refractivity contribution in [3.8, 4) is 5.88 Å². The quantitative estimate of drug-likeness (QED) is 0.562. The van der Waals surface area contributed by atoms with Crippen molar-refractivity contribution in [3.05, 3.63) is 60.4 Å². The van der Waals surface area contributed by atoms with Crippen LogP contribution in [0.2, 0.25) is 0 Å². The number of aromatic nitrogens is 2. The lowest BCUT2D eigenvalue weighted by molar-refractivity contribution is 0.0919. The summed E-state index contributed by atoms with van der Waals surface area (Å²) in [5.41, 5.74) is 1.13. The first-order valence-electron chi connectivity index (χ1n) is 10.0. The number of para-hydroxylation sites is 1. The van der Waals surface area contributed by atoms with Gasteiger partial charge in [-0.15, -0.1) is 0 Å². The lowest BCUT2D eigenvalue weighted by Crippen LogP contribution is -2.31. The molecule has 0 N–H and O–H groups in total. The van der Waals surface area contributed by atoms with Gasteiger partial charge in [0.1, 0.15) is 6.33 Å². The number of Topliss-reactive ketones (excluding diaryl/α,β-unsaturated/α-hetero) is 1. The Labute approximate surface area is 175 Å². The van der Waals surface area contributed by atoms with Crippen LogP contribution >= 0.6 is 0 Å². The van der Waals surface area contributed by atoms with Crippen molar-refractivity contribution < 1.29 is 17.9 Å². The minimum Gasteiger partial charge on any atom is -0.469 e. The predicted octanol–water partition coefficient (Wildman–Crippen LogP) is 3.46. The van der Waals surface area contributed by atoms with Gasteiger partial charge in [0.15, 0.2) is 12.4 Å². The third-order valence-electron chi connectivity index (χ3n) is 5.23. The van der Waals surface area contributed by atoms with Crippen molar-refractivity contribution in [3.63, 3.8) is 0 Å². The molecule has 0 bridgehead atoms. The summed E-state index contributed by atoms with van der Waals surface area (Å²) in [6.45, 7) is 0.896. The Kier molecular flexibility index (Phi) is 6.06. The highest BCUT2D eigenvalue weighted by atomic mass is 32.2. The number of carbonyl (C=O) groups is 1. The summed E-state index contributed by atoms with van der Waals surface area (Å²) in [5, 5.41) is 0.728. The Balaban J connectivity index is 1.45. The molecule has 4 rings (SSSR count). The molecule has 0 amide bonds. The zero-order valence-electron chi connectivity index (χ0n) is 16.5. The second kappa shape index (κ2) is 8.89. The normalized spacial score (nSPS) is 15.6. The fourth-order valence-electron chi connectivity index (χ4n) is 3.56. The molecule has 1 aliphatic heterocycles. The van der Waals surface area contributed by atoms with Crippen LogP contribution < -0.4 is 4.74 Å². The Bertz CT molecular complexity index is 1130. The number of carbonyl (C=O) groups excluding carboxylic acids is 1. The maximum Gasteiger partial charge on any atom is 0.243 e. The third kappa shape index (κ3) is 4.34. The molecule has 2 aromatic carbocycles. The molecule has 0 spiro atoms. The Morgan fingerprint density at radius 3 is 2.37 bits per heavy atom. The first-order chi connectivity index (χ1) is 14.6. The lowest BCUT2D eigenvalue weighted by atomic mass is 10.1. The van der Waals surface area contributed by atoms with E-state index in [4.69, 9.17) is 4.74 Å². The van der Waals surface area contributed by atoms with Crippen molar-refractivity contribution in [2.75, 3.05) is 19.7 Å². The van der Waals surface area contributed by atoms with Crippen LogP contribution in [0.1, 0.15) is 36.0 Å². The molecule has 1 aromatic heterocycles. The summed E-state index contributed by atoms with van der Waals surface area (Å²) in [7, 11) is -3.53. The Morgan fingerprint density at radius 2 is 1.63 bits per heavy atom. The van der Waals surface area contributed by atoms with E-state index in [2.05, 4.69) is 9.97 Å². The largest absolute Gasteiger partial charge is 0.469 e. The molecule has 0 unspecified atom stereocenters. The molecule has 0 aliphatic carbocycles. The van der Waals surface area contributed by atoms with Crippen molar-refractivity contribution in [1.29, 1.82) is 0 Å². The number of ketones is 1. The van der Waals surface area contributed by atoms with Gasteiger partial charge in [0.05, 0.1) is 15.8 Å². The number of hydrogen-bond donors (Lipinski definition) is 0. The molecule has 7 nitrogen and oxygen atoms in total. The molecule has 0 saturated carbocycles. The van der Waals surface area contributed by atoms with Crippen LogP contribution in [0.25, 0.3) is 10.9 Å². The molecule has 156 valence electrons. The van der Waals surface area contributed by atoms with Crippen LogP contribution in [0.15, 0.2) is 59.8 Å². The SMILES string of the molecule is O=C(COc1ncnc2ccccc12)c1ccc(S(=O)(=O)N2CCCCCC2)cc1. The van der Waals surface area contributed by atoms with Gasteiger partial charge in [-0.3, -0.25) is 4.79 Å². The van der Waals surface area contributed by atoms with Crippen LogP contribution in [-0.2, 0) is 10.0 Å². The molecule has 1 fully saturated rings.